The Balaban J connectivity index is 1.57. The van der Waals surface area contributed by atoms with Crippen molar-refractivity contribution in [3.05, 3.63) is 64.0 Å². The number of nitro groups is 1. The zero-order valence-corrected chi connectivity index (χ0v) is 15.0. The van der Waals surface area contributed by atoms with E-state index in [4.69, 9.17) is 0 Å². The van der Waals surface area contributed by atoms with Crippen LogP contribution in [-0.4, -0.2) is 28.4 Å². The van der Waals surface area contributed by atoms with Crippen molar-refractivity contribution in [2.24, 2.45) is 5.92 Å². The summed E-state index contributed by atoms with van der Waals surface area (Å²) in [6, 6.07) is 10.8. The van der Waals surface area contributed by atoms with Crippen LogP contribution in [0.1, 0.15) is 30.5 Å². The number of hydrogen-bond donors (Lipinski definition) is 1. The Morgan fingerprint density at radius 3 is 2.96 bits per heavy atom. The number of aromatic nitrogens is 1. The van der Waals surface area contributed by atoms with Crippen molar-refractivity contribution in [3.63, 3.8) is 0 Å². The van der Waals surface area contributed by atoms with Gasteiger partial charge in [0.25, 0.3) is 5.69 Å². The first kappa shape index (κ1) is 17.5. The van der Waals surface area contributed by atoms with Gasteiger partial charge in [-0.2, -0.15) is 0 Å². The number of carbonyl (C=O) groups excluding carboxylic acids is 1. The highest BCUT2D eigenvalue weighted by atomic mass is 16.6. The molecule has 2 aliphatic rings. The number of amides is 1. The van der Waals surface area contributed by atoms with E-state index < -0.39 is 0 Å². The van der Waals surface area contributed by atoms with Crippen molar-refractivity contribution < 1.29 is 9.72 Å². The fourth-order valence-electron chi connectivity index (χ4n) is 4.26. The van der Waals surface area contributed by atoms with Crippen molar-refractivity contribution in [1.82, 2.24) is 10.3 Å². The molecule has 27 heavy (non-hydrogen) atoms. The van der Waals surface area contributed by atoms with E-state index in [1.54, 1.807) is 18.3 Å². The number of hydrogen-bond acceptors (Lipinski definition) is 5. The van der Waals surface area contributed by atoms with Crippen LogP contribution in [0.15, 0.2) is 42.6 Å². The third-order valence-electron chi connectivity index (χ3n) is 5.54. The molecule has 0 bridgehead atoms. The number of nitrogens with one attached hydrogen (secondary N) is 1. The summed E-state index contributed by atoms with van der Waals surface area (Å²) in [6.07, 6.45) is 5.40. The van der Waals surface area contributed by atoms with Crippen molar-refractivity contribution in [1.29, 1.82) is 0 Å². The molecule has 1 amide bonds. The highest BCUT2D eigenvalue weighted by Crippen LogP contribution is 2.39. The smallest absolute Gasteiger partial charge is 0.269 e. The fraction of sp³-hybridized carbons (Fsp3) is 0.400. The van der Waals surface area contributed by atoms with Crippen LogP contribution in [0.2, 0.25) is 0 Å². The van der Waals surface area contributed by atoms with E-state index in [9.17, 15) is 14.9 Å². The summed E-state index contributed by atoms with van der Waals surface area (Å²) >= 11 is 0. The fourth-order valence-corrected chi connectivity index (χ4v) is 4.26. The Morgan fingerprint density at radius 2 is 2.19 bits per heavy atom. The summed E-state index contributed by atoms with van der Waals surface area (Å²) in [5.74, 6) is -0.210. The lowest BCUT2D eigenvalue weighted by Crippen LogP contribution is -2.53. The first-order chi connectivity index (χ1) is 13.1. The van der Waals surface area contributed by atoms with Gasteiger partial charge in [-0.3, -0.25) is 19.9 Å². The first-order valence-corrected chi connectivity index (χ1v) is 9.35. The third-order valence-corrected chi connectivity index (χ3v) is 5.54. The quantitative estimate of drug-likeness (QED) is 0.664. The maximum atomic E-state index is 13.0. The van der Waals surface area contributed by atoms with E-state index in [-0.39, 0.29) is 28.5 Å². The number of non-ortho nitro benzene ring substituents is 1. The number of benzene rings is 1. The molecule has 0 spiro atoms. The minimum absolute atomic E-state index is 0.00490. The normalized spacial score (nSPS) is 21.1. The molecule has 1 fully saturated rings. The Bertz CT molecular complexity index is 856. The molecule has 1 aromatic heterocycles. The first-order valence-electron chi connectivity index (χ1n) is 9.35. The van der Waals surface area contributed by atoms with Gasteiger partial charge in [-0.15, -0.1) is 0 Å². The van der Waals surface area contributed by atoms with Gasteiger partial charge in [0.05, 0.1) is 23.1 Å². The van der Waals surface area contributed by atoms with E-state index in [0.29, 0.717) is 13.0 Å². The molecule has 0 unspecified atom stereocenters. The molecule has 140 valence electrons. The number of fused-ring (bicyclic) bond motifs is 3. The lowest BCUT2D eigenvalue weighted by Gasteiger charge is -2.45. The molecule has 1 saturated heterocycles. The van der Waals surface area contributed by atoms with Gasteiger partial charge in [0.15, 0.2) is 0 Å². The maximum Gasteiger partial charge on any atom is 0.269 e. The van der Waals surface area contributed by atoms with Gasteiger partial charge in [-0.25, -0.2) is 0 Å². The Kier molecular flexibility index (Phi) is 4.75. The zero-order valence-electron chi connectivity index (χ0n) is 15.0. The summed E-state index contributed by atoms with van der Waals surface area (Å²) in [4.78, 5) is 30.2. The third kappa shape index (κ3) is 3.49. The molecule has 3 heterocycles. The second kappa shape index (κ2) is 7.34. The van der Waals surface area contributed by atoms with E-state index in [1.165, 1.54) is 0 Å². The Labute approximate surface area is 157 Å². The second-order valence-corrected chi connectivity index (χ2v) is 7.18. The molecule has 4 rings (SSSR count). The number of nitrogens with zero attached hydrogens (tertiary/aromatic N) is 3. The predicted molar refractivity (Wildman–Crippen MR) is 101 cm³/mol. The maximum absolute atomic E-state index is 13.0. The van der Waals surface area contributed by atoms with Crippen molar-refractivity contribution in [2.45, 2.75) is 38.3 Å². The van der Waals surface area contributed by atoms with Crippen LogP contribution in [-0.2, 0) is 17.8 Å². The lowest BCUT2D eigenvalue weighted by atomic mass is 9.80. The molecule has 0 aliphatic carbocycles. The van der Waals surface area contributed by atoms with Crippen molar-refractivity contribution in [3.8, 4) is 0 Å². The molecule has 7 nitrogen and oxygen atoms in total. The van der Waals surface area contributed by atoms with E-state index >= 15 is 0 Å². The summed E-state index contributed by atoms with van der Waals surface area (Å²) < 4.78 is 0. The van der Waals surface area contributed by atoms with Crippen LogP contribution >= 0.6 is 0 Å². The number of carbonyl (C=O) groups is 1. The average molecular weight is 366 g/mol. The van der Waals surface area contributed by atoms with Crippen molar-refractivity contribution in [2.75, 3.05) is 11.4 Å². The number of anilines is 1. The zero-order chi connectivity index (χ0) is 18.8. The molecule has 1 aromatic carbocycles. The van der Waals surface area contributed by atoms with Gasteiger partial charge in [0, 0.05) is 36.6 Å². The van der Waals surface area contributed by atoms with Crippen LogP contribution in [0.3, 0.4) is 0 Å². The predicted octanol–water partition coefficient (Wildman–Crippen LogP) is 2.84. The number of pyridine rings is 1. The van der Waals surface area contributed by atoms with Gasteiger partial charge >= 0.3 is 0 Å². The Morgan fingerprint density at radius 1 is 1.30 bits per heavy atom. The lowest BCUT2D eigenvalue weighted by molar-refractivity contribution is -0.384. The largest absolute Gasteiger partial charge is 0.368 e. The number of piperidine rings is 1. The van der Waals surface area contributed by atoms with Crippen LogP contribution in [0, 0.1) is 16.0 Å². The molecular weight excluding hydrogens is 344 g/mol. The average Bonchev–Trinajstić information content (AvgIpc) is 2.71. The molecule has 2 atom stereocenters. The molecular formula is C20H22N4O3. The molecule has 2 aromatic rings. The van der Waals surface area contributed by atoms with E-state index in [1.807, 2.05) is 24.3 Å². The highest BCUT2D eigenvalue weighted by molar-refractivity contribution is 5.82. The van der Waals surface area contributed by atoms with Crippen LogP contribution in [0.25, 0.3) is 0 Å². The second-order valence-electron chi connectivity index (χ2n) is 7.18. The van der Waals surface area contributed by atoms with Gasteiger partial charge in [-0.1, -0.05) is 6.07 Å². The molecule has 0 saturated carbocycles. The topological polar surface area (TPSA) is 88.4 Å². The SMILES string of the molecule is O=C(NCc1ccccn1)[C@H]1Cc2cc([N+](=O)[O-])ccc2N2CCCC[C@H]12. The van der Waals surface area contributed by atoms with Crippen molar-refractivity contribution >= 4 is 17.3 Å². The summed E-state index contributed by atoms with van der Waals surface area (Å²) in [5.41, 5.74) is 2.83. The van der Waals surface area contributed by atoms with Gasteiger partial charge in [-0.05, 0) is 49.4 Å². The molecule has 0 radical (unpaired) electrons. The summed E-state index contributed by atoms with van der Waals surface area (Å²) in [5, 5.41) is 14.2. The molecule has 1 N–H and O–H groups in total. The monoisotopic (exact) mass is 366 g/mol. The standard InChI is InChI=1S/C20H22N4O3/c25-20(22-13-15-5-1-3-9-21-15)17-12-14-11-16(24(26)27)7-8-18(14)23-10-4-2-6-19(17)23/h1,3,5,7-9,11,17,19H,2,4,6,10,12-13H2,(H,22,25)/t17-,19+/m0/s1. The molecule has 7 heteroatoms. The molecule has 2 aliphatic heterocycles. The van der Waals surface area contributed by atoms with E-state index in [0.717, 1.165) is 42.8 Å². The summed E-state index contributed by atoms with van der Waals surface area (Å²) in [6.45, 7) is 1.28. The van der Waals surface area contributed by atoms with Gasteiger partial charge < -0.3 is 10.2 Å². The van der Waals surface area contributed by atoms with Crippen LogP contribution in [0.4, 0.5) is 11.4 Å². The van der Waals surface area contributed by atoms with Crippen LogP contribution < -0.4 is 10.2 Å². The minimum atomic E-state index is -0.376. The number of rotatable bonds is 4. The van der Waals surface area contributed by atoms with Gasteiger partial charge in [0.1, 0.15) is 0 Å². The minimum Gasteiger partial charge on any atom is -0.368 e. The summed E-state index contributed by atoms with van der Waals surface area (Å²) in [7, 11) is 0. The Hall–Kier alpha value is -2.96. The highest BCUT2D eigenvalue weighted by Gasteiger charge is 2.39. The van der Waals surface area contributed by atoms with Gasteiger partial charge in [0.2, 0.25) is 5.91 Å². The van der Waals surface area contributed by atoms with Crippen LogP contribution in [0.5, 0.6) is 0 Å². The van der Waals surface area contributed by atoms with E-state index in [2.05, 4.69) is 15.2 Å². The number of nitro benzene ring substituents is 1.